The van der Waals surface area contributed by atoms with E-state index in [9.17, 15) is 0 Å². The van der Waals surface area contributed by atoms with E-state index in [-0.39, 0.29) is 0 Å². The molecule has 102 valence electrons. The van der Waals surface area contributed by atoms with Crippen molar-refractivity contribution in [2.24, 2.45) is 0 Å². The number of nitrogens with zero attached hydrogens (tertiary/aromatic N) is 2. The van der Waals surface area contributed by atoms with Crippen LogP contribution in [0.2, 0.25) is 0 Å². The van der Waals surface area contributed by atoms with Crippen molar-refractivity contribution in [3.63, 3.8) is 0 Å². The molecule has 2 aromatic rings. The van der Waals surface area contributed by atoms with Gasteiger partial charge in [0.1, 0.15) is 0 Å². The molecule has 1 aliphatic heterocycles. The number of anilines is 1. The van der Waals surface area contributed by atoms with E-state index in [4.69, 9.17) is 15.0 Å². The summed E-state index contributed by atoms with van der Waals surface area (Å²) in [6.45, 7) is 3.65. The SMILES string of the molecule is CCc1cc(-c2nc(C3CCOCC3)no2)c(N)s1. The van der Waals surface area contributed by atoms with Gasteiger partial charge in [-0.15, -0.1) is 11.3 Å². The highest BCUT2D eigenvalue weighted by Gasteiger charge is 2.23. The predicted octanol–water partition coefficient (Wildman–Crippen LogP) is 2.84. The Labute approximate surface area is 115 Å². The zero-order valence-corrected chi connectivity index (χ0v) is 11.7. The van der Waals surface area contributed by atoms with E-state index >= 15 is 0 Å². The van der Waals surface area contributed by atoms with Gasteiger partial charge in [0, 0.05) is 24.0 Å². The number of nitrogen functional groups attached to an aromatic ring is 1. The Balaban J connectivity index is 1.85. The van der Waals surface area contributed by atoms with E-state index in [0.717, 1.165) is 48.9 Å². The second-order valence-electron chi connectivity index (χ2n) is 4.69. The molecule has 0 atom stereocenters. The van der Waals surface area contributed by atoms with Gasteiger partial charge in [-0.25, -0.2) is 0 Å². The number of aromatic nitrogens is 2. The zero-order chi connectivity index (χ0) is 13.2. The smallest absolute Gasteiger partial charge is 0.260 e. The van der Waals surface area contributed by atoms with E-state index in [1.165, 1.54) is 4.88 Å². The molecule has 0 saturated carbocycles. The summed E-state index contributed by atoms with van der Waals surface area (Å²) >= 11 is 1.58. The molecule has 5 nitrogen and oxygen atoms in total. The van der Waals surface area contributed by atoms with Crippen molar-refractivity contribution in [3.05, 3.63) is 16.8 Å². The highest BCUT2D eigenvalue weighted by molar-refractivity contribution is 7.16. The van der Waals surface area contributed by atoms with Gasteiger partial charge in [0.15, 0.2) is 5.82 Å². The number of thiophene rings is 1. The molecule has 3 heterocycles. The van der Waals surface area contributed by atoms with E-state index in [1.807, 2.05) is 6.07 Å². The molecule has 0 amide bonds. The number of hydrogen-bond acceptors (Lipinski definition) is 6. The number of aryl methyl sites for hydroxylation is 1. The summed E-state index contributed by atoms with van der Waals surface area (Å²) in [5.41, 5.74) is 6.88. The lowest BCUT2D eigenvalue weighted by Gasteiger charge is -2.18. The minimum absolute atomic E-state index is 0.344. The van der Waals surface area contributed by atoms with E-state index in [0.29, 0.717) is 11.8 Å². The minimum Gasteiger partial charge on any atom is -0.390 e. The van der Waals surface area contributed by atoms with E-state index in [1.54, 1.807) is 11.3 Å². The Bertz CT molecular complexity index is 558. The molecule has 2 aromatic heterocycles. The standard InChI is InChI=1S/C13H17N3O2S/c1-2-9-7-10(11(14)19-9)13-15-12(16-18-13)8-3-5-17-6-4-8/h7-8H,2-6,14H2,1H3. The third-order valence-corrected chi connectivity index (χ3v) is 4.53. The van der Waals surface area contributed by atoms with E-state index < -0.39 is 0 Å². The lowest BCUT2D eigenvalue weighted by atomic mass is 10.00. The molecule has 19 heavy (non-hydrogen) atoms. The maximum absolute atomic E-state index is 6.01. The zero-order valence-electron chi connectivity index (χ0n) is 10.9. The van der Waals surface area contributed by atoms with Crippen LogP contribution in [0.4, 0.5) is 5.00 Å². The molecule has 1 fully saturated rings. The Morgan fingerprint density at radius 2 is 2.21 bits per heavy atom. The van der Waals surface area contributed by atoms with Crippen LogP contribution in [0.1, 0.15) is 36.4 Å². The first-order valence-corrected chi connectivity index (χ1v) is 7.39. The van der Waals surface area contributed by atoms with Crippen LogP contribution in [0.3, 0.4) is 0 Å². The van der Waals surface area contributed by atoms with Gasteiger partial charge in [0.05, 0.1) is 10.6 Å². The van der Waals surface area contributed by atoms with Crippen molar-refractivity contribution in [1.29, 1.82) is 0 Å². The topological polar surface area (TPSA) is 74.2 Å². The van der Waals surface area contributed by atoms with Crippen LogP contribution in [-0.2, 0) is 11.2 Å². The van der Waals surface area contributed by atoms with Crippen LogP contribution >= 0.6 is 11.3 Å². The largest absolute Gasteiger partial charge is 0.390 e. The monoisotopic (exact) mass is 279 g/mol. The Morgan fingerprint density at radius 3 is 2.89 bits per heavy atom. The van der Waals surface area contributed by atoms with Gasteiger partial charge < -0.3 is 15.0 Å². The van der Waals surface area contributed by atoms with Gasteiger partial charge in [-0.3, -0.25) is 0 Å². The summed E-state index contributed by atoms with van der Waals surface area (Å²) in [6, 6.07) is 2.04. The van der Waals surface area contributed by atoms with Gasteiger partial charge in [0.25, 0.3) is 5.89 Å². The van der Waals surface area contributed by atoms with Gasteiger partial charge in [-0.1, -0.05) is 12.1 Å². The summed E-state index contributed by atoms with van der Waals surface area (Å²) in [5, 5.41) is 4.85. The molecular weight excluding hydrogens is 262 g/mol. The Morgan fingerprint density at radius 1 is 1.42 bits per heavy atom. The third kappa shape index (κ3) is 2.50. The molecule has 0 unspecified atom stereocenters. The molecule has 2 N–H and O–H groups in total. The molecule has 0 aromatic carbocycles. The first-order valence-electron chi connectivity index (χ1n) is 6.57. The molecule has 0 bridgehead atoms. The van der Waals surface area contributed by atoms with Crippen molar-refractivity contribution >= 4 is 16.3 Å². The number of hydrogen-bond donors (Lipinski definition) is 1. The molecule has 3 rings (SSSR count). The normalized spacial score (nSPS) is 16.9. The Hall–Kier alpha value is -1.40. The van der Waals surface area contributed by atoms with Crippen LogP contribution in [0, 0.1) is 0 Å². The average molecular weight is 279 g/mol. The highest BCUT2D eigenvalue weighted by Crippen LogP contribution is 2.34. The van der Waals surface area contributed by atoms with Gasteiger partial charge >= 0.3 is 0 Å². The lowest BCUT2D eigenvalue weighted by Crippen LogP contribution is -2.15. The summed E-state index contributed by atoms with van der Waals surface area (Å²) < 4.78 is 10.7. The quantitative estimate of drug-likeness (QED) is 0.935. The summed E-state index contributed by atoms with van der Waals surface area (Å²) in [5.74, 6) is 1.66. The predicted molar refractivity (Wildman–Crippen MR) is 74.2 cm³/mol. The molecule has 1 aliphatic rings. The van der Waals surface area contributed by atoms with E-state index in [2.05, 4.69) is 17.1 Å². The fraction of sp³-hybridized carbons (Fsp3) is 0.538. The Kier molecular flexibility index (Phi) is 3.52. The molecule has 1 saturated heterocycles. The van der Waals surface area contributed by atoms with Crippen LogP contribution in [-0.4, -0.2) is 23.4 Å². The van der Waals surface area contributed by atoms with Crippen molar-refractivity contribution in [1.82, 2.24) is 10.1 Å². The second kappa shape index (κ2) is 5.30. The van der Waals surface area contributed by atoms with Gasteiger partial charge in [0.2, 0.25) is 0 Å². The minimum atomic E-state index is 0.344. The maximum atomic E-state index is 6.01. The molecular formula is C13H17N3O2S. The summed E-state index contributed by atoms with van der Waals surface area (Å²) in [7, 11) is 0. The fourth-order valence-corrected chi connectivity index (χ4v) is 3.12. The summed E-state index contributed by atoms with van der Waals surface area (Å²) in [6.07, 6.45) is 2.88. The van der Waals surface area contributed by atoms with Gasteiger partial charge in [-0.2, -0.15) is 4.98 Å². The van der Waals surface area contributed by atoms with Crippen molar-refractivity contribution < 1.29 is 9.26 Å². The summed E-state index contributed by atoms with van der Waals surface area (Å²) in [4.78, 5) is 5.74. The van der Waals surface area contributed by atoms with Crippen molar-refractivity contribution in [3.8, 4) is 11.5 Å². The van der Waals surface area contributed by atoms with Crippen LogP contribution in [0.15, 0.2) is 10.6 Å². The first-order chi connectivity index (χ1) is 9.28. The number of ether oxygens (including phenoxy) is 1. The molecule has 0 spiro atoms. The third-order valence-electron chi connectivity index (χ3n) is 3.42. The lowest BCUT2D eigenvalue weighted by molar-refractivity contribution is 0.0830. The maximum Gasteiger partial charge on any atom is 0.260 e. The molecule has 0 radical (unpaired) electrons. The number of nitrogens with two attached hydrogens (primary N) is 1. The first kappa shape index (κ1) is 12.6. The van der Waals surface area contributed by atoms with Crippen LogP contribution in [0.5, 0.6) is 0 Å². The highest BCUT2D eigenvalue weighted by atomic mass is 32.1. The van der Waals surface area contributed by atoms with Crippen molar-refractivity contribution in [2.45, 2.75) is 32.1 Å². The average Bonchev–Trinajstić information content (AvgIpc) is 3.06. The number of rotatable bonds is 3. The molecule has 0 aliphatic carbocycles. The second-order valence-corrected chi connectivity index (χ2v) is 5.86. The van der Waals surface area contributed by atoms with Crippen LogP contribution < -0.4 is 5.73 Å². The van der Waals surface area contributed by atoms with Gasteiger partial charge in [-0.05, 0) is 25.3 Å². The fourth-order valence-electron chi connectivity index (χ4n) is 2.27. The molecule has 6 heteroatoms. The van der Waals surface area contributed by atoms with Crippen LogP contribution in [0.25, 0.3) is 11.5 Å². The van der Waals surface area contributed by atoms with Crippen molar-refractivity contribution in [2.75, 3.05) is 18.9 Å².